The lowest BCUT2D eigenvalue weighted by Crippen LogP contribution is -2.17. The van der Waals surface area contributed by atoms with Crippen LogP contribution in [0.25, 0.3) is 55.7 Å². The number of hydrogen-bond acceptors (Lipinski definition) is 5. The van der Waals surface area contributed by atoms with Gasteiger partial charge in [0.25, 0.3) is 0 Å². The van der Waals surface area contributed by atoms with Crippen molar-refractivity contribution in [1.82, 2.24) is 30.1 Å². The normalized spacial score (nSPS) is 11.4. The van der Waals surface area contributed by atoms with Crippen molar-refractivity contribution in [2.24, 2.45) is 5.92 Å². The van der Waals surface area contributed by atoms with Gasteiger partial charge < -0.3 is 10.3 Å². The van der Waals surface area contributed by atoms with Crippen LogP contribution in [0.3, 0.4) is 0 Å². The second kappa shape index (κ2) is 8.74. The van der Waals surface area contributed by atoms with Gasteiger partial charge in [-0.15, -0.1) is 0 Å². The summed E-state index contributed by atoms with van der Waals surface area (Å²) in [5, 5.41) is 12.4. The highest BCUT2D eigenvalue weighted by molar-refractivity contribution is 6.00. The Morgan fingerprint density at radius 3 is 2.64 bits per heavy atom. The van der Waals surface area contributed by atoms with E-state index >= 15 is 0 Å². The lowest BCUT2D eigenvalue weighted by molar-refractivity contribution is -0.118. The molecule has 3 N–H and O–H groups in total. The summed E-state index contributed by atoms with van der Waals surface area (Å²) in [7, 11) is 0. The van der Waals surface area contributed by atoms with E-state index in [0.717, 1.165) is 50.1 Å². The van der Waals surface area contributed by atoms with Crippen molar-refractivity contribution >= 4 is 33.5 Å². The molecule has 0 fully saturated rings. The highest BCUT2D eigenvalue weighted by Gasteiger charge is 2.15. The van der Waals surface area contributed by atoms with E-state index in [0.29, 0.717) is 11.3 Å². The molecule has 0 saturated carbocycles. The van der Waals surface area contributed by atoms with E-state index in [1.807, 2.05) is 50.2 Å². The third kappa shape index (κ3) is 3.88. The van der Waals surface area contributed by atoms with Gasteiger partial charge in [0.2, 0.25) is 5.91 Å². The minimum absolute atomic E-state index is 0.0523. The first kappa shape index (κ1) is 21.7. The van der Waals surface area contributed by atoms with E-state index in [9.17, 15) is 4.79 Å². The van der Waals surface area contributed by atoms with Crippen LogP contribution in [0.1, 0.15) is 13.8 Å². The van der Waals surface area contributed by atoms with Crippen LogP contribution in [-0.2, 0) is 4.79 Å². The van der Waals surface area contributed by atoms with Crippen molar-refractivity contribution in [3.8, 4) is 33.8 Å². The van der Waals surface area contributed by atoms with Crippen molar-refractivity contribution < 1.29 is 4.79 Å². The van der Waals surface area contributed by atoms with Gasteiger partial charge in [-0.25, -0.2) is 4.98 Å². The summed E-state index contributed by atoms with van der Waals surface area (Å²) in [6.45, 7) is 3.71. The fourth-order valence-electron chi connectivity index (χ4n) is 4.25. The molecule has 5 heterocycles. The average molecular weight is 474 g/mol. The minimum atomic E-state index is -0.116. The monoisotopic (exact) mass is 473 g/mol. The largest absolute Gasteiger partial charge is 0.353 e. The first-order chi connectivity index (χ1) is 17.6. The summed E-state index contributed by atoms with van der Waals surface area (Å²) >= 11 is 0. The third-order valence-corrected chi connectivity index (χ3v) is 6.15. The molecule has 0 saturated heterocycles. The predicted octanol–water partition coefficient (Wildman–Crippen LogP) is 5.82. The molecule has 8 heteroatoms. The topological polar surface area (TPSA) is 112 Å². The smallest absolute Gasteiger partial charge is 0.226 e. The maximum atomic E-state index is 12.1. The number of aromatic amines is 2. The Morgan fingerprint density at radius 1 is 0.917 bits per heavy atom. The molecule has 0 atom stereocenters. The molecule has 36 heavy (non-hydrogen) atoms. The van der Waals surface area contributed by atoms with Gasteiger partial charge in [0.1, 0.15) is 0 Å². The number of anilines is 1. The van der Waals surface area contributed by atoms with Crippen molar-refractivity contribution in [3.63, 3.8) is 0 Å². The van der Waals surface area contributed by atoms with E-state index in [2.05, 4.69) is 53.6 Å². The minimum Gasteiger partial charge on any atom is -0.353 e. The van der Waals surface area contributed by atoms with Gasteiger partial charge in [0, 0.05) is 57.5 Å². The number of benzene rings is 1. The highest BCUT2D eigenvalue weighted by atomic mass is 16.1. The molecule has 6 rings (SSSR count). The zero-order chi connectivity index (χ0) is 24.6. The molecular weight excluding hydrogens is 450 g/mol. The number of nitrogens with zero attached hydrogens (tertiary/aromatic N) is 4. The summed E-state index contributed by atoms with van der Waals surface area (Å²) in [5.74, 6) is -0.168. The number of H-pyrrole nitrogens is 2. The Kier molecular flexibility index (Phi) is 5.26. The Bertz CT molecular complexity index is 1720. The predicted molar refractivity (Wildman–Crippen MR) is 141 cm³/mol. The molecule has 0 aliphatic rings. The molecule has 0 aliphatic heterocycles. The van der Waals surface area contributed by atoms with Crippen molar-refractivity contribution in [1.29, 1.82) is 0 Å². The molecule has 6 aromatic rings. The Morgan fingerprint density at radius 2 is 1.81 bits per heavy atom. The van der Waals surface area contributed by atoms with Crippen LogP contribution >= 0.6 is 0 Å². The average Bonchev–Trinajstić information content (AvgIpc) is 3.53. The molecule has 176 valence electrons. The number of amides is 1. The van der Waals surface area contributed by atoms with E-state index in [1.165, 1.54) is 0 Å². The van der Waals surface area contributed by atoms with Crippen LogP contribution in [0, 0.1) is 5.92 Å². The maximum Gasteiger partial charge on any atom is 0.226 e. The van der Waals surface area contributed by atoms with E-state index in [4.69, 9.17) is 0 Å². The third-order valence-electron chi connectivity index (χ3n) is 6.15. The van der Waals surface area contributed by atoms with Gasteiger partial charge in [-0.2, -0.15) is 5.10 Å². The number of pyridine rings is 3. The molecule has 0 aliphatic carbocycles. The first-order valence-electron chi connectivity index (χ1n) is 11.7. The molecular formula is C28H23N7O. The van der Waals surface area contributed by atoms with E-state index < -0.39 is 0 Å². The van der Waals surface area contributed by atoms with Gasteiger partial charge in [-0.05, 0) is 36.4 Å². The lowest BCUT2D eigenvalue weighted by Gasteiger charge is -2.09. The number of carbonyl (C=O) groups is 1. The van der Waals surface area contributed by atoms with Gasteiger partial charge in [0.15, 0.2) is 5.65 Å². The van der Waals surface area contributed by atoms with Crippen LogP contribution in [0.4, 0.5) is 5.69 Å². The summed E-state index contributed by atoms with van der Waals surface area (Å²) in [6.07, 6.45) is 6.97. The molecule has 0 bridgehead atoms. The van der Waals surface area contributed by atoms with Crippen molar-refractivity contribution in [2.45, 2.75) is 13.8 Å². The second-order valence-electron chi connectivity index (χ2n) is 8.96. The van der Waals surface area contributed by atoms with Gasteiger partial charge >= 0.3 is 0 Å². The van der Waals surface area contributed by atoms with E-state index in [-0.39, 0.29) is 11.8 Å². The number of fused-ring (bicyclic) bond motifs is 2. The lowest BCUT2D eigenvalue weighted by atomic mass is 10.1. The molecule has 0 spiro atoms. The summed E-state index contributed by atoms with van der Waals surface area (Å²) in [4.78, 5) is 29.0. The second-order valence-corrected chi connectivity index (χ2v) is 8.96. The van der Waals surface area contributed by atoms with Crippen LogP contribution in [0.15, 0.2) is 79.4 Å². The number of nitrogens with one attached hydrogen (secondary N) is 3. The molecule has 1 amide bonds. The molecule has 5 aromatic heterocycles. The Labute approximate surface area is 206 Å². The van der Waals surface area contributed by atoms with Crippen LogP contribution < -0.4 is 5.32 Å². The number of hydrogen-bond donors (Lipinski definition) is 3. The summed E-state index contributed by atoms with van der Waals surface area (Å²) < 4.78 is 0. The SMILES string of the molecule is CC(C)C(=O)Nc1cncc(-c2cnc3n[nH]c(-c4cc5c(-c6ccccn6)cccc5[nH]4)c3c2)c1. The summed E-state index contributed by atoms with van der Waals surface area (Å²) in [6, 6.07) is 18.1. The Balaban J connectivity index is 1.41. The first-order valence-corrected chi connectivity index (χ1v) is 11.7. The van der Waals surface area contributed by atoms with E-state index in [1.54, 1.807) is 24.8 Å². The van der Waals surface area contributed by atoms with Crippen LogP contribution in [0.2, 0.25) is 0 Å². The fourth-order valence-corrected chi connectivity index (χ4v) is 4.25. The van der Waals surface area contributed by atoms with Gasteiger partial charge in [-0.1, -0.05) is 32.0 Å². The summed E-state index contributed by atoms with van der Waals surface area (Å²) in [5.41, 5.74) is 7.75. The Hall–Kier alpha value is -4.85. The molecule has 8 nitrogen and oxygen atoms in total. The molecule has 0 unspecified atom stereocenters. The molecule has 1 aromatic carbocycles. The van der Waals surface area contributed by atoms with Crippen molar-refractivity contribution in [3.05, 3.63) is 79.4 Å². The molecule has 0 radical (unpaired) electrons. The van der Waals surface area contributed by atoms with Crippen molar-refractivity contribution in [2.75, 3.05) is 5.32 Å². The fraction of sp³-hybridized carbons (Fsp3) is 0.107. The van der Waals surface area contributed by atoms with Gasteiger partial charge in [0.05, 0.1) is 29.0 Å². The van der Waals surface area contributed by atoms with Crippen LogP contribution in [0.5, 0.6) is 0 Å². The zero-order valence-corrected chi connectivity index (χ0v) is 19.8. The zero-order valence-electron chi connectivity index (χ0n) is 19.8. The number of carbonyl (C=O) groups excluding carboxylic acids is 1. The maximum absolute atomic E-state index is 12.1. The van der Waals surface area contributed by atoms with Crippen LogP contribution in [-0.4, -0.2) is 36.0 Å². The standard InChI is InChI=1S/C28H23N7O/c1-16(2)28(36)32-19-10-17(13-29-15-19)18-11-22-26(34-35-27(22)31-14-18)25-12-21-20(6-5-8-24(21)33-25)23-7-3-4-9-30-23/h3-16,33H,1-2H3,(H,32,36)(H,31,34,35). The highest BCUT2D eigenvalue weighted by Crippen LogP contribution is 2.34. The number of rotatable bonds is 5. The quantitative estimate of drug-likeness (QED) is 0.292. The number of aromatic nitrogens is 6. The van der Waals surface area contributed by atoms with Gasteiger partial charge in [-0.3, -0.25) is 19.9 Å².